The van der Waals surface area contributed by atoms with Gasteiger partial charge in [0, 0.05) is 28.9 Å². The zero-order valence-electron chi connectivity index (χ0n) is 21.7. The van der Waals surface area contributed by atoms with Gasteiger partial charge in [-0.1, -0.05) is 36.4 Å². The van der Waals surface area contributed by atoms with Crippen LogP contribution >= 0.6 is 0 Å². The quantitative estimate of drug-likeness (QED) is 0.133. The van der Waals surface area contributed by atoms with Crippen LogP contribution in [0.25, 0.3) is 22.2 Å². The van der Waals surface area contributed by atoms with Crippen molar-refractivity contribution in [1.82, 2.24) is 15.0 Å². The Labute approximate surface area is 241 Å². The summed E-state index contributed by atoms with van der Waals surface area (Å²) in [7, 11) is -4.00. The van der Waals surface area contributed by atoms with Crippen molar-refractivity contribution in [3.63, 3.8) is 0 Å². The monoisotopic (exact) mass is 621 g/mol. The van der Waals surface area contributed by atoms with Crippen LogP contribution < -0.4 is 10.6 Å². The average molecular weight is 622 g/mol. The van der Waals surface area contributed by atoms with E-state index in [-0.39, 0.29) is 22.3 Å². The minimum Gasteiger partial charge on any atom is -0.345 e. The highest BCUT2D eigenvalue weighted by molar-refractivity contribution is 7.85. The second-order valence-corrected chi connectivity index (χ2v) is 10.3. The highest BCUT2D eigenvalue weighted by Crippen LogP contribution is 2.31. The van der Waals surface area contributed by atoms with E-state index >= 15 is 0 Å². The number of hydrogen-bond donors (Lipinski definition) is 3. The maximum atomic E-state index is 12.8. The Morgan fingerprint density at radius 3 is 2.09 bits per heavy atom. The Bertz CT molecular complexity index is 1800. The van der Waals surface area contributed by atoms with Gasteiger partial charge in [-0.3, -0.25) is 9.54 Å². The summed E-state index contributed by atoms with van der Waals surface area (Å²) in [6.45, 7) is -1.35. The predicted octanol–water partition coefficient (Wildman–Crippen LogP) is 7.36. The minimum absolute atomic E-state index is 0.0741. The summed E-state index contributed by atoms with van der Waals surface area (Å²) in [5, 5.41) is 5.82. The molecule has 43 heavy (non-hydrogen) atoms. The molecule has 0 fully saturated rings. The molecule has 5 rings (SSSR count). The van der Waals surface area contributed by atoms with Crippen molar-refractivity contribution < 1.29 is 39.3 Å². The van der Waals surface area contributed by atoms with Crippen molar-refractivity contribution >= 4 is 38.5 Å². The number of nitrogens with zero attached hydrogens (tertiary/aromatic N) is 3. The van der Waals surface area contributed by atoms with Crippen molar-refractivity contribution in [2.24, 2.45) is 0 Å². The van der Waals surface area contributed by atoms with Gasteiger partial charge in [0.25, 0.3) is 10.1 Å². The lowest BCUT2D eigenvalue weighted by molar-refractivity contribution is -0.137. The van der Waals surface area contributed by atoms with Crippen molar-refractivity contribution in [1.29, 1.82) is 0 Å². The highest BCUT2D eigenvalue weighted by Gasteiger charge is 2.30. The third kappa shape index (κ3) is 9.11. The molecule has 8 nitrogen and oxygen atoms in total. The number of hydrogen-bond acceptors (Lipinski definition) is 7. The Morgan fingerprint density at radius 2 is 1.49 bits per heavy atom. The van der Waals surface area contributed by atoms with Crippen LogP contribution in [-0.2, 0) is 16.3 Å². The van der Waals surface area contributed by atoms with E-state index in [1.165, 1.54) is 30.3 Å². The Balaban J connectivity index is 0.000000359. The molecular formula is C28H21F6N5O3S. The first kappa shape index (κ1) is 31.2. The maximum absolute atomic E-state index is 12.8. The van der Waals surface area contributed by atoms with E-state index in [9.17, 15) is 34.8 Å². The number of halogens is 6. The summed E-state index contributed by atoms with van der Waals surface area (Å²) >= 11 is 0. The van der Waals surface area contributed by atoms with E-state index in [0.29, 0.717) is 16.8 Å². The summed E-state index contributed by atoms with van der Waals surface area (Å²) < 4.78 is 106. The fraction of sp³-hybridized carbons (Fsp3) is 0.107. The first-order valence-corrected chi connectivity index (χ1v) is 13.6. The lowest BCUT2D eigenvalue weighted by atomic mass is 10.1. The van der Waals surface area contributed by atoms with Crippen LogP contribution in [0.3, 0.4) is 0 Å². The van der Waals surface area contributed by atoms with E-state index in [1.54, 1.807) is 48.7 Å². The smallest absolute Gasteiger partial charge is 0.345 e. The molecule has 0 atom stereocenters. The van der Waals surface area contributed by atoms with Crippen molar-refractivity contribution in [3.05, 3.63) is 103 Å². The van der Waals surface area contributed by atoms with E-state index in [1.807, 2.05) is 6.07 Å². The normalized spacial score (nSPS) is 11.9. The third-order valence-corrected chi connectivity index (χ3v) is 6.47. The molecule has 0 saturated heterocycles. The van der Waals surface area contributed by atoms with Gasteiger partial charge in [0.1, 0.15) is 12.4 Å². The van der Waals surface area contributed by atoms with Crippen molar-refractivity contribution in [2.75, 3.05) is 17.2 Å². The van der Waals surface area contributed by atoms with Crippen LogP contribution in [-0.4, -0.2) is 40.6 Å². The second kappa shape index (κ2) is 12.6. The van der Waals surface area contributed by atoms with Crippen LogP contribution in [0, 0.1) is 0 Å². The molecule has 0 amide bonds. The molecule has 0 aliphatic rings. The van der Waals surface area contributed by atoms with Crippen LogP contribution in [0.2, 0.25) is 0 Å². The molecule has 0 radical (unpaired) electrons. The van der Waals surface area contributed by atoms with Crippen LogP contribution in [0.15, 0.2) is 102 Å². The topological polar surface area (TPSA) is 117 Å². The van der Waals surface area contributed by atoms with Crippen molar-refractivity contribution in [2.45, 2.75) is 17.2 Å². The number of benzene rings is 3. The lowest BCUT2D eigenvalue weighted by Crippen LogP contribution is -2.22. The fourth-order valence-corrected chi connectivity index (χ4v) is 4.13. The van der Waals surface area contributed by atoms with Gasteiger partial charge >= 0.3 is 12.4 Å². The molecule has 3 aromatic carbocycles. The fourth-order valence-electron chi connectivity index (χ4n) is 3.63. The van der Waals surface area contributed by atoms with Gasteiger partial charge in [-0.05, 0) is 48.5 Å². The van der Waals surface area contributed by atoms with Gasteiger partial charge in [0.2, 0.25) is 5.95 Å². The molecule has 224 valence electrons. The minimum atomic E-state index is -4.49. The second-order valence-electron chi connectivity index (χ2n) is 8.83. The van der Waals surface area contributed by atoms with Gasteiger partial charge in [-0.2, -0.15) is 39.7 Å². The highest BCUT2D eigenvalue weighted by atomic mass is 32.2. The van der Waals surface area contributed by atoms with Crippen LogP contribution in [0.4, 0.5) is 43.8 Å². The first-order valence-electron chi connectivity index (χ1n) is 12.2. The van der Waals surface area contributed by atoms with Crippen LogP contribution in [0.1, 0.15) is 5.56 Å². The summed E-state index contributed by atoms with van der Waals surface area (Å²) in [5.74, 6) is -0.189. The summed E-state index contributed by atoms with van der Waals surface area (Å²) in [6.07, 6.45) is -7.37. The Kier molecular flexibility index (Phi) is 9.16. The molecule has 0 bridgehead atoms. The van der Waals surface area contributed by atoms with Gasteiger partial charge in [0.05, 0.1) is 21.7 Å². The molecule has 0 aliphatic heterocycles. The predicted molar refractivity (Wildman–Crippen MR) is 148 cm³/mol. The number of nitrogens with one attached hydrogen (secondary N) is 2. The van der Waals surface area contributed by atoms with Gasteiger partial charge in [-0.15, -0.1) is 0 Å². The molecular weight excluding hydrogens is 600 g/mol. The summed E-state index contributed by atoms with van der Waals surface area (Å²) in [5.41, 5.74) is 0.989. The molecule has 15 heteroatoms. The first-order chi connectivity index (χ1) is 20.2. The summed E-state index contributed by atoms with van der Waals surface area (Å²) in [4.78, 5) is 12.4. The number of anilines is 3. The Morgan fingerprint density at radius 1 is 0.791 bits per heavy atom. The number of pyridine rings is 1. The van der Waals surface area contributed by atoms with E-state index in [2.05, 4.69) is 25.6 Å². The average Bonchev–Trinajstić information content (AvgIpc) is 2.95. The standard InChI is InChI=1S/C22H15F6N5.C6H6O3S/c23-21(24,25)12-30-20-32-18(14-4-3-13-2-1-9-29-17(13)10-14)11-19(33-20)31-16-7-5-15(6-8-16)22(26,27)28;7-10(8,9)6-4-2-1-3-5-6/h1-11H,12H2,(H2,30,31,32,33);1-5H,(H,7,8,9). The van der Waals surface area contributed by atoms with Gasteiger partial charge in [-0.25, -0.2) is 4.98 Å². The zero-order valence-corrected chi connectivity index (χ0v) is 22.5. The SMILES string of the molecule is FC(F)(F)CNc1nc(Nc2ccc(C(F)(F)F)cc2)cc(-c2ccc3cccnc3c2)n1.O=S(=O)(O)c1ccccc1. The molecule has 5 aromatic rings. The molecule has 0 aliphatic carbocycles. The van der Waals surface area contributed by atoms with E-state index in [0.717, 1.165) is 17.5 Å². The number of fused-ring (bicyclic) bond motifs is 1. The van der Waals surface area contributed by atoms with Gasteiger partial charge < -0.3 is 10.6 Å². The Hall–Kier alpha value is -4.76. The van der Waals surface area contributed by atoms with Crippen LogP contribution in [0.5, 0.6) is 0 Å². The largest absolute Gasteiger partial charge is 0.416 e. The number of rotatable bonds is 6. The molecule has 2 heterocycles. The molecule has 0 saturated carbocycles. The number of aromatic nitrogens is 3. The lowest BCUT2D eigenvalue weighted by Gasteiger charge is -2.13. The van der Waals surface area contributed by atoms with E-state index < -0.39 is 34.6 Å². The molecule has 0 spiro atoms. The van der Waals surface area contributed by atoms with Crippen molar-refractivity contribution in [3.8, 4) is 11.3 Å². The maximum Gasteiger partial charge on any atom is 0.416 e. The summed E-state index contributed by atoms with van der Waals surface area (Å²) in [6, 6.07) is 22.0. The van der Waals surface area contributed by atoms with Gasteiger partial charge in [0.15, 0.2) is 0 Å². The molecule has 2 aromatic heterocycles. The zero-order chi connectivity index (χ0) is 31.3. The number of alkyl halides is 6. The molecule has 0 unspecified atom stereocenters. The van der Waals surface area contributed by atoms with E-state index in [4.69, 9.17) is 4.55 Å². The molecule has 3 N–H and O–H groups in total. The third-order valence-electron chi connectivity index (χ3n) is 5.60.